The molecule has 0 saturated carbocycles. The van der Waals surface area contributed by atoms with E-state index in [1.807, 2.05) is 0 Å². The van der Waals surface area contributed by atoms with Crippen LogP contribution in [0.25, 0.3) is 0 Å². The number of hydrogen-bond acceptors (Lipinski definition) is 2. The van der Waals surface area contributed by atoms with Crippen LogP contribution in [0.4, 0.5) is 4.39 Å². The zero-order valence-electron chi connectivity index (χ0n) is 10.9. The highest BCUT2D eigenvalue weighted by Gasteiger charge is 2.26. The van der Waals surface area contributed by atoms with Gasteiger partial charge in [-0.15, -0.1) is 0 Å². The number of benzene rings is 1. The van der Waals surface area contributed by atoms with Crippen LogP contribution in [0.3, 0.4) is 0 Å². The molecule has 0 radical (unpaired) electrons. The third-order valence-corrected chi connectivity index (χ3v) is 3.73. The van der Waals surface area contributed by atoms with Gasteiger partial charge in [0.25, 0.3) is 5.91 Å². The van der Waals surface area contributed by atoms with E-state index in [-0.39, 0.29) is 17.6 Å². The zero-order chi connectivity index (χ0) is 14.0. The monoisotopic (exact) mass is 280 g/mol. The summed E-state index contributed by atoms with van der Waals surface area (Å²) in [5, 5.41) is 0. The fourth-order valence-electron chi connectivity index (χ4n) is 2.44. The number of amides is 1. The number of nitrogens with two attached hydrogens (primary N) is 1. The Bertz CT molecular complexity index is 498. The lowest BCUT2D eigenvalue weighted by Crippen LogP contribution is -2.43. The maximum atomic E-state index is 13.3. The molecule has 1 aromatic rings. The number of carbonyl (C=O) groups is 1. The number of likely N-dealkylation sites (tertiary alicyclic amines) is 1. The maximum absolute atomic E-state index is 13.3. The average Bonchev–Trinajstić information content (AvgIpc) is 2.37. The largest absolute Gasteiger partial charge is 0.393 e. The highest BCUT2D eigenvalue weighted by atomic mass is 32.1. The number of carbonyl (C=O) groups excluding carboxylic acids is 1. The van der Waals surface area contributed by atoms with Gasteiger partial charge in [0, 0.05) is 24.6 Å². The molecule has 1 heterocycles. The summed E-state index contributed by atoms with van der Waals surface area (Å²) < 4.78 is 13.3. The molecule has 0 bridgehead atoms. The topological polar surface area (TPSA) is 46.3 Å². The second kappa shape index (κ2) is 5.65. The number of nitrogens with zero attached hydrogens (tertiary/aromatic N) is 1. The van der Waals surface area contributed by atoms with E-state index in [4.69, 9.17) is 18.0 Å². The fraction of sp³-hybridized carbons (Fsp3) is 0.429. The van der Waals surface area contributed by atoms with Gasteiger partial charge in [-0.3, -0.25) is 4.79 Å². The molecule has 3 nitrogen and oxygen atoms in total. The Morgan fingerprint density at radius 2 is 2.21 bits per heavy atom. The van der Waals surface area contributed by atoms with Crippen molar-refractivity contribution in [1.82, 2.24) is 4.90 Å². The van der Waals surface area contributed by atoms with Crippen molar-refractivity contribution < 1.29 is 9.18 Å². The highest BCUT2D eigenvalue weighted by Crippen LogP contribution is 2.19. The summed E-state index contributed by atoms with van der Waals surface area (Å²) in [4.78, 5) is 14.5. The third-order valence-electron chi connectivity index (χ3n) is 3.40. The molecule has 1 fully saturated rings. The summed E-state index contributed by atoms with van der Waals surface area (Å²) in [6, 6.07) is 4.39. The average molecular weight is 280 g/mol. The third kappa shape index (κ3) is 3.29. The van der Waals surface area contributed by atoms with Crippen LogP contribution in [0.1, 0.15) is 28.8 Å². The van der Waals surface area contributed by atoms with Gasteiger partial charge in [-0.25, -0.2) is 4.39 Å². The van der Waals surface area contributed by atoms with E-state index < -0.39 is 0 Å². The summed E-state index contributed by atoms with van der Waals surface area (Å²) in [5.74, 6) is -0.461. The van der Waals surface area contributed by atoms with Crippen LogP contribution in [0.15, 0.2) is 18.2 Å². The molecule has 0 spiro atoms. The van der Waals surface area contributed by atoms with Crippen LogP contribution in [0, 0.1) is 18.7 Å². The van der Waals surface area contributed by atoms with Crippen LogP contribution < -0.4 is 5.73 Å². The molecule has 1 amide bonds. The number of hydrogen-bond donors (Lipinski definition) is 1. The Labute approximate surface area is 117 Å². The first-order chi connectivity index (χ1) is 8.97. The SMILES string of the molecule is Cc1cc(F)cc(C(=O)N2CCCC(C(N)=S)C2)c1. The van der Waals surface area contributed by atoms with Gasteiger partial charge in [0.15, 0.2) is 0 Å². The van der Waals surface area contributed by atoms with Crippen LogP contribution in [0.2, 0.25) is 0 Å². The molecule has 1 aliphatic heterocycles. The number of halogens is 1. The molecule has 1 atom stereocenters. The zero-order valence-corrected chi connectivity index (χ0v) is 11.7. The number of aryl methyl sites for hydroxylation is 1. The van der Waals surface area contributed by atoms with Gasteiger partial charge in [-0.1, -0.05) is 12.2 Å². The maximum Gasteiger partial charge on any atom is 0.253 e. The van der Waals surface area contributed by atoms with Crippen molar-refractivity contribution in [3.8, 4) is 0 Å². The molecule has 1 aromatic carbocycles. The molecule has 0 aromatic heterocycles. The minimum absolute atomic E-state index is 0.0716. The normalized spacial score (nSPS) is 19.3. The van der Waals surface area contributed by atoms with E-state index in [0.29, 0.717) is 23.6 Å². The predicted octanol–water partition coefficient (Wildman–Crippen LogP) is 2.27. The molecule has 1 unspecified atom stereocenters. The standard InChI is InChI=1S/C14H17FN2OS/c1-9-5-11(7-12(15)6-9)14(18)17-4-2-3-10(8-17)13(16)19/h5-7,10H,2-4,8H2,1H3,(H2,16,19). The second-order valence-corrected chi connectivity index (χ2v) is 5.48. The molecule has 19 heavy (non-hydrogen) atoms. The first-order valence-electron chi connectivity index (χ1n) is 6.33. The smallest absolute Gasteiger partial charge is 0.253 e. The Hall–Kier alpha value is -1.49. The number of rotatable bonds is 2. The number of piperidine rings is 1. The van der Waals surface area contributed by atoms with Gasteiger partial charge in [-0.05, 0) is 43.5 Å². The van der Waals surface area contributed by atoms with Crippen molar-refractivity contribution in [2.75, 3.05) is 13.1 Å². The Kier molecular flexibility index (Phi) is 4.14. The lowest BCUT2D eigenvalue weighted by atomic mass is 9.97. The summed E-state index contributed by atoms with van der Waals surface area (Å²) in [6.45, 7) is 2.98. The second-order valence-electron chi connectivity index (χ2n) is 5.01. The van der Waals surface area contributed by atoms with Crippen molar-refractivity contribution in [2.45, 2.75) is 19.8 Å². The lowest BCUT2D eigenvalue weighted by molar-refractivity contribution is 0.0703. The van der Waals surface area contributed by atoms with E-state index in [1.165, 1.54) is 12.1 Å². The molecule has 1 aliphatic rings. The van der Waals surface area contributed by atoms with Gasteiger partial charge in [0.2, 0.25) is 0 Å². The summed E-state index contributed by atoms with van der Waals surface area (Å²) in [6.07, 6.45) is 1.79. The predicted molar refractivity (Wildman–Crippen MR) is 76.5 cm³/mol. The molecule has 5 heteroatoms. The first kappa shape index (κ1) is 13.9. The molecule has 102 valence electrons. The summed E-state index contributed by atoms with van der Waals surface area (Å²) in [7, 11) is 0. The molecule has 1 saturated heterocycles. The van der Waals surface area contributed by atoms with Gasteiger partial charge >= 0.3 is 0 Å². The lowest BCUT2D eigenvalue weighted by Gasteiger charge is -2.32. The van der Waals surface area contributed by atoms with Gasteiger partial charge < -0.3 is 10.6 Å². The van der Waals surface area contributed by atoms with Crippen molar-refractivity contribution in [3.05, 3.63) is 35.1 Å². The van der Waals surface area contributed by atoms with Crippen molar-refractivity contribution in [3.63, 3.8) is 0 Å². The molecule has 2 N–H and O–H groups in total. The van der Waals surface area contributed by atoms with Crippen LogP contribution >= 0.6 is 12.2 Å². The molecular formula is C14H17FN2OS. The fourth-order valence-corrected chi connectivity index (χ4v) is 2.63. The Morgan fingerprint density at radius 3 is 2.84 bits per heavy atom. The minimum atomic E-state index is -0.383. The quantitative estimate of drug-likeness (QED) is 0.845. The minimum Gasteiger partial charge on any atom is -0.393 e. The molecule has 2 rings (SSSR count). The van der Waals surface area contributed by atoms with E-state index in [9.17, 15) is 9.18 Å². The number of thiocarbonyl (C=S) groups is 1. The van der Waals surface area contributed by atoms with Gasteiger partial charge in [0.05, 0.1) is 4.99 Å². The van der Waals surface area contributed by atoms with Crippen molar-refractivity contribution >= 4 is 23.1 Å². The molecule has 0 aliphatic carbocycles. The van der Waals surface area contributed by atoms with E-state index >= 15 is 0 Å². The van der Waals surface area contributed by atoms with Crippen LogP contribution in [-0.2, 0) is 0 Å². The van der Waals surface area contributed by atoms with Gasteiger partial charge in [-0.2, -0.15) is 0 Å². The van der Waals surface area contributed by atoms with Crippen molar-refractivity contribution in [1.29, 1.82) is 0 Å². The first-order valence-corrected chi connectivity index (χ1v) is 6.74. The Morgan fingerprint density at radius 1 is 1.47 bits per heavy atom. The van der Waals surface area contributed by atoms with E-state index in [2.05, 4.69) is 0 Å². The summed E-state index contributed by atoms with van der Waals surface area (Å²) >= 11 is 4.99. The Balaban J connectivity index is 2.16. The summed E-state index contributed by atoms with van der Waals surface area (Å²) in [5.41, 5.74) is 6.78. The van der Waals surface area contributed by atoms with E-state index in [1.54, 1.807) is 17.9 Å². The van der Waals surface area contributed by atoms with Crippen LogP contribution in [-0.4, -0.2) is 28.9 Å². The van der Waals surface area contributed by atoms with Crippen molar-refractivity contribution in [2.24, 2.45) is 11.7 Å². The van der Waals surface area contributed by atoms with E-state index in [0.717, 1.165) is 18.4 Å². The van der Waals surface area contributed by atoms with Gasteiger partial charge in [0.1, 0.15) is 5.82 Å². The molecular weight excluding hydrogens is 263 g/mol. The highest BCUT2D eigenvalue weighted by molar-refractivity contribution is 7.80. The van der Waals surface area contributed by atoms with Crippen LogP contribution in [0.5, 0.6) is 0 Å².